The van der Waals surface area contributed by atoms with Gasteiger partial charge < -0.3 is 31.5 Å². The number of hydrogen-bond acceptors (Lipinski definition) is 8. The zero-order valence-corrected chi connectivity index (χ0v) is 25.1. The first-order valence-electron chi connectivity index (χ1n) is 13.6. The first-order valence-corrected chi connectivity index (χ1v) is 15.2. The van der Waals surface area contributed by atoms with E-state index < -0.39 is 58.1 Å². The van der Waals surface area contributed by atoms with Gasteiger partial charge in [-0.25, -0.2) is 17.9 Å². The Bertz CT molecular complexity index is 1030. The van der Waals surface area contributed by atoms with Gasteiger partial charge in [0.15, 0.2) is 0 Å². The maximum absolute atomic E-state index is 13.1. The predicted molar refractivity (Wildman–Crippen MR) is 154 cm³/mol. The van der Waals surface area contributed by atoms with E-state index in [1.807, 2.05) is 37.3 Å². The lowest BCUT2D eigenvalue weighted by atomic mass is 10.00. The highest BCUT2D eigenvalue weighted by atomic mass is 32.2. The minimum absolute atomic E-state index is 0.0604. The van der Waals surface area contributed by atoms with Gasteiger partial charge in [0.2, 0.25) is 21.8 Å². The highest BCUT2D eigenvalue weighted by Gasteiger charge is 2.30. The largest absolute Gasteiger partial charge is 0.444 e. The number of carbonyl (C=O) groups is 3. The van der Waals surface area contributed by atoms with Crippen LogP contribution in [-0.2, 0) is 30.8 Å². The molecule has 1 unspecified atom stereocenters. The molecule has 1 aromatic rings. The van der Waals surface area contributed by atoms with Gasteiger partial charge in [0.25, 0.3) is 0 Å². The van der Waals surface area contributed by atoms with Gasteiger partial charge in [-0.05, 0) is 51.6 Å². The molecule has 228 valence electrons. The Morgan fingerprint density at radius 2 is 1.73 bits per heavy atom. The van der Waals surface area contributed by atoms with Crippen molar-refractivity contribution in [1.29, 1.82) is 0 Å². The third-order valence-corrected chi connectivity index (χ3v) is 7.36. The van der Waals surface area contributed by atoms with Gasteiger partial charge in [0.1, 0.15) is 11.6 Å². The Kier molecular flexibility index (Phi) is 15.1. The Labute approximate surface area is 238 Å². The number of nitrogens with two attached hydrogens (primary N) is 1. The van der Waals surface area contributed by atoms with Gasteiger partial charge in [0.05, 0.1) is 24.3 Å². The summed E-state index contributed by atoms with van der Waals surface area (Å²) in [5.74, 6) is -1.80. The number of unbranched alkanes of at least 4 members (excludes halogenated alkanes) is 1. The van der Waals surface area contributed by atoms with Crippen LogP contribution in [0.2, 0.25) is 0 Å². The molecule has 0 aliphatic rings. The molecular formula is C27H47N5O7S. The molecule has 12 nitrogen and oxygen atoms in total. The Balaban J connectivity index is 2.88. The monoisotopic (exact) mass is 585 g/mol. The summed E-state index contributed by atoms with van der Waals surface area (Å²) < 4.78 is 32.2. The summed E-state index contributed by atoms with van der Waals surface area (Å²) in [6.07, 6.45) is -0.513. The maximum Gasteiger partial charge on any atom is 0.408 e. The number of ether oxygens (including phenoxy) is 1. The second-order valence-electron chi connectivity index (χ2n) is 11.0. The van der Waals surface area contributed by atoms with Crippen LogP contribution in [0.15, 0.2) is 30.3 Å². The van der Waals surface area contributed by atoms with E-state index in [9.17, 15) is 27.9 Å². The molecular weight excluding hydrogens is 538 g/mol. The number of rotatable bonds is 18. The third-order valence-electron chi connectivity index (χ3n) is 5.71. The fourth-order valence-electron chi connectivity index (χ4n) is 3.81. The molecule has 0 bridgehead atoms. The Hall–Kier alpha value is -2.74. The summed E-state index contributed by atoms with van der Waals surface area (Å²) in [7, 11) is -3.41. The molecule has 40 heavy (non-hydrogen) atoms. The van der Waals surface area contributed by atoms with Crippen LogP contribution >= 0.6 is 0 Å². The van der Waals surface area contributed by atoms with Crippen molar-refractivity contribution in [1.82, 2.24) is 20.7 Å². The lowest BCUT2D eigenvalue weighted by molar-refractivity contribution is -0.128. The summed E-state index contributed by atoms with van der Waals surface area (Å²) >= 11 is 0. The molecule has 0 radical (unpaired) electrons. The SMILES string of the molecule is CCCCNS(=O)(=O)CC(C)CNC[C@@H](O)[C@H](Cc1ccccc1)NC(=O)[C@H](CC(N)=O)NC(=O)OC(C)(C)C. The summed E-state index contributed by atoms with van der Waals surface area (Å²) in [4.78, 5) is 37.0. The second kappa shape index (κ2) is 17.2. The van der Waals surface area contributed by atoms with Crippen molar-refractivity contribution in [3.63, 3.8) is 0 Å². The van der Waals surface area contributed by atoms with Crippen molar-refractivity contribution in [3.8, 4) is 0 Å². The zero-order valence-electron chi connectivity index (χ0n) is 24.2. The number of hydrogen-bond donors (Lipinski definition) is 6. The smallest absolute Gasteiger partial charge is 0.408 e. The number of aliphatic hydroxyl groups excluding tert-OH is 1. The number of carbonyl (C=O) groups excluding carboxylic acids is 3. The molecule has 0 aromatic heterocycles. The number of nitrogens with one attached hydrogen (secondary N) is 4. The van der Waals surface area contributed by atoms with E-state index in [0.29, 0.717) is 13.1 Å². The summed E-state index contributed by atoms with van der Waals surface area (Å²) in [5, 5.41) is 19.2. The lowest BCUT2D eigenvalue weighted by Crippen LogP contribution is -2.56. The molecule has 3 amide bonds. The van der Waals surface area contributed by atoms with Crippen molar-refractivity contribution in [2.24, 2.45) is 11.7 Å². The van der Waals surface area contributed by atoms with Crippen molar-refractivity contribution in [2.45, 2.75) is 84.1 Å². The van der Waals surface area contributed by atoms with Crippen LogP contribution < -0.4 is 26.4 Å². The molecule has 4 atom stereocenters. The van der Waals surface area contributed by atoms with Gasteiger partial charge >= 0.3 is 6.09 Å². The highest BCUT2D eigenvalue weighted by Crippen LogP contribution is 2.10. The highest BCUT2D eigenvalue weighted by molar-refractivity contribution is 7.89. The van der Waals surface area contributed by atoms with E-state index in [-0.39, 0.29) is 24.6 Å². The molecule has 0 spiro atoms. The average molecular weight is 586 g/mol. The van der Waals surface area contributed by atoms with Gasteiger partial charge in [0, 0.05) is 13.1 Å². The summed E-state index contributed by atoms with van der Waals surface area (Å²) in [5.41, 5.74) is 5.32. The van der Waals surface area contributed by atoms with E-state index in [2.05, 4.69) is 20.7 Å². The van der Waals surface area contributed by atoms with E-state index >= 15 is 0 Å². The van der Waals surface area contributed by atoms with Crippen LogP contribution in [0.1, 0.15) is 59.4 Å². The van der Waals surface area contributed by atoms with Crippen molar-refractivity contribution < 1.29 is 32.6 Å². The van der Waals surface area contributed by atoms with Crippen LogP contribution in [0.5, 0.6) is 0 Å². The molecule has 7 N–H and O–H groups in total. The van der Waals surface area contributed by atoms with Crippen LogP contribution in [0, 0.1) is 5.92 Å². The summed E-state index contributed by atoms with van der Waals surface area (Å²) in [6.45, 7) is 9.54. The number of primary amides is 1. The molecule has 13 heteroatoms. The average Bonchev–Trinajstić information content (AvgIpc) is 2.82. The Morgan fingerprint density at radius 3 is 2.30 bits per heavy atom. The molecule has 0 aliphatic heterocycles. The van der Waals surface area contributed by atoms with Crippen molar-refractivity contribution in [3.05, 3.63) is 35.9 Å². The zero-order chi connectivity index (χ0) is 30.3. The van der Waals surface area contributed by atoms with Crippen LogP contribution in [0.25, 0.3) is 0 Å². The molecule has 1 rings (SSSR count). The van der Waals surface area contributed by atoms with Crippen LogP contribution in [0.3, 0.4) is 0 Å². The predicted octanol–water partition coefficient (Wildman–Crippen LogP) is 0.789. The maximum atomic E-state index is 13.1. The van der Waals surface area contributed by atoms with Gasteiger partial charge in [-0.15, -0.1) is 0 Å². The number of aliphatic hydroxyl groups is 1. The van der Waals surface area contributed by atoms with Crippen LogP contribution in [-0.4, -0.2) is 80.6 Å². The fraction of sp³-hybridized carbons (Fsp3) is 0.667. The Morgan fingerprint density at radius 1 is 1.07 bits per heavy atom. The van der Waals surface area contributed by atoms with Crippen molar-refractivity contribution in [2.75, 3.05) is 25.4 Å². The molecule has 1 aromatic carbocycles. The third kappa shape index (κ3) is 15.8. The van der Waals surface area contributed by atoms with Crippen LogP contribution in [0.4, 0.5) is 4.79 Å². The molecule has 0 saturated carbocycles. The second-order valence-corrected chi connectivity index (χ2v) is 12.9. The van der Waals surface area contributed by atoms with E-state index in [4.69, 9.17) is 10.5 Å². The quantitative estimate of drug-likeness (QED) is 0.136. The standard InChI is InChI=1S/C27H47N5O7S/c1-6-7-13-30-40(37,38)18-19(2)16-29-17-23(33)21(14-20-11-9-8-10-12-20)31-25(35)22(15-24(28)34)32-26(36)39-27(3,4)5/h8-12,19,21-23,29-30,33H,6-7,13-18H2,1-5H3,(H2,28,34)(H,31,35)(H,32,36)/t19?,21-,22-,23+/m0/s1. The van der Waals surface area contributed by atoms with Gasteiger partial charge in [-0.2, -0.15) is 0 Å². The molecule has 0 fully saturated rings. The fourth-order valence-corrected chi connectivity index (χ4v) is 5.25. The first kappa shape index (κ1) is 35.3. The molecule has 0 saturated heterocycles. The first-order chi connectivity index (χ1) is 18.6. The molecule has 0 aliphatic carbocycles. The minimum Gasteiger partial charge on any atom is -0.444 e. The number of alkyl carbamates (subject to hydrolysis) is 1. The number of benzene rings is 1. The van der Waals surface area contributed by atoms with Crippen molar-refractivity contribution >= 4 is 27.9 Å². The van der Waals surface area contributed by atoms with Gasteiger partial charge in [-0.3, -0.25) is 9.59 Å². The normalized spacial score (nSPS) is 14.9. The summed E-state index contributed by atoms with van der Waals surface area (Å²) in [6, 6.07) is 7.08. The lowest BCUT2D eigenvalue weighted by Gasteiger charge is -2.28. The van der Waals surface area contributed by atoms with E-state index in [1.54, 1.807) is 27.7 Å². The number of sulfonamides is 1. The molecule has 0 heterocycles. The van der Waals surface area contributed by atoms with Gasteiger partial charge in [-0.1, -0.05) is 50.6 Å². The number of amides is 3. The topological polar surface area (TPSA) is 189 Å². The van der Waals surface area contributed by atoms with E-state index in [1.165, 1.54) is 0 Å². The van der Waals surface area contributed by atoms with E-state index in [0.717, 1.165) is 18.4 Å². The minimum atomic E-state index is -3.41.